The summed E-state index contributed by atoms with van der Waals surface area (Å²) in [6, 6.07) is 10.9. The molecular weight excluding hydrogens is 318 g/mol. The molecule has 3 rings (SSSR count). The Bertz CT molecular complexity index is 804. The van der Waals surface area contributed by atoms with Gasteiger partial charge in [0.15, 0.2) is 0 Å². The van der Waals surface area contributed by atoms with Gasteiger partial charge in [-0.05, 0) is 36.1 Å². The predicted octanol–water partition coefficient (Wildman–Crippen LogP) is 1.35. The number of aryl methyl sites for hydroxylation is 1. The number of pyridine rings is 1. The van der Waals surface area contributed by atoms with E-state index in [2.05, 4.69) is 10.3 Å². The summed E-state index contributed by atoms with van der Waals surface area (Å²) in [6.45, 7) is 0.208. The Morgan fingerprint density at radius 3 is 2.72 bits per heavy atom. The highest BCUT2D eigenvalue weighted by Crippen LogP contribution is 2.37. The number of likely N-dealkylation sites (N-methyl/N-ethyl adjacent to an activating group) is 1. The molecule has 2 N–H and O–H groups in total. The van der Waals surface area contributed by atoms with Gasteiger partial charge in [-0.1, -0.05) is 24.3 Å². The van der Waals surface area contributed by atoms with Crippen LogP contribution in [0.4, 0.5) is 0 Å². The highest BCUT2D eigenvalue weighted by atomic mass is 16.3. The van der Waals surface area contributed by atoms with E-state index in [0.717, 1.165) is 17.5 Å². The summed E-state index contributed by atoms with van der Waals surface area (Å²) >= 11 is 0. The molecule has 1 aromatic carbocycles. The molecule has 1 aromatic heterocycles. The molecule has 1 atom stereocenters. The molecule has 1 heterocycles. The molecular formula is C19H21N3O3. The summed E-state index contributed by atoms with van der Waals surface area (Å²) in [5, 5.41) is 13.5. The number of carbonyl (C=O) groups excluding carboxylic acids is 2. The maximum Gasteiger partial charge on any atom is 0.269 e. The molecule has 25 heavy (non-hydrogen) atoms. The summed E-state index contributed by atoms with van der Waals surface area (Å²) < 4.78 is 0. The van der Waals surface area contributed by atoms with Gasteiger partial charge in [-0.15, -0.1) is 0 Å². The van der Waals surface area contributed by atoms with Crippen LogP contribution in [-0.4, -0.2) is 47.4 Å². The van der Waals surface area contributed by atoms with Crippen molar-refractivity contribution < 1.29 is 14.7 Å². The largest absolute Gasteiger partial charge is 0.383 e. The number of hydrogen-bond acceptors (Lipinski definition) is 4. The molecule has 6 nitrogen and oxygen atoms in total. The van der Waals surface area contributed by atoms with E-state index in [1.165, 1.54) is 24.2 Å². The average molecular weight is 339 g/mol. The Balaban J connectivity index is 1.74. The molecule has 0 radical (unpaired) electrons. The van der Waals surface area contributed by atoms with Crippen molar-refractivity contribution >= 4 is 11.8 Å². The number of hydrogen-bond donors (Lipinski definition) is 2. The number of amides is 2. The normalized spacial score (nSPS) is 18.5. The van der Waals surface area contributed by atoms with Gasteiger partial charge < -0.3 is 15.3 Å². The van der Waals surface area contributed by atoms with Crippen molar-refractivity contribution in [2.24, 2.45) is 0 Å². The predicted molar refractivity (Wildman–Crippen MR) is 93.2 cm³/mol. The molecule has 2 amide bonds. The van der Waals surface area contributed by atoms with Crippen LogP contribution in [-0.2, 0) is 12.0 Å². The van der Waals surface area contributed by atoms with Gasteiger partial charge >= 0.3 is 0 Å². The van der Waals surface area contributed by atoms with Gasteiger partial charge in [0.05, 0.1) is 12.1 Å². The smallest absolute Gasteiger partial charge is 0.269 e. The second-order valence-electron chi connectivity index (χ2n) is 6.36. The molecule has 0 fully saturated rings. The summed E-state index contributed by atoms with van der Waals surface area (Å²) in [6.07, 6.45) is 2.78. The third-order valence-corrected chi connectivity index (χ3v) is 4.64. The molecule has 0 aliphatic heterocycles. The molecule has 1 aliphatic carbocycles. The van der Waals surface area contributed by atoms with E-state index in [4.69, 9.17) is 0 Å². The lowest BCUT2D eigenvalue weighted by atomic mass is 9.95. The fraction of sp³-hybridized carbons (Fsp3) is 0.316. The van der Waals surface area contributed by atoms with Crippen LogP contribution in [0.15, 0.2) is 42.6 Å². The summed E-state index contributed by atoms with van der Waals surface area (Å²) in [5.41, 5.74) is 1.62. The molecule has 1 aliphatic rings. The van der Waals surface area contributed by atoms with E-state index in [1.807, 2.05) is 24.3 Å². The second-order valence-corrected chi connectivity index (χ2v) is 6.36. The van der Waals surface area contributed by atoms with Crippen molar-refractivity contribution in [1.82, 2.24) is 15.2 Å². The number of aliphatic hydroxyl groups is 1. The van der Waals surface area contributed by atoms with Crippen molar-refractivity contribution in [1.29, 1.82) is 0 Å². The van der Waals surface area contributed by atoms with Crippen molar-refractivity contribution in [2.45, 2.75) is 18.4 Å². The lowest BCUT2D eigenvalue weighted by Crippen LogP contribution is -2.40. The van der Waals surface area contributed by atoms with E-state index in [0.29, 0.717) is 12.0 Å². The minimum absolute atomic E-state index is 0.208. The van der Waals surface area contributed by atoms with Crippen LogP contribution < -0.4 is 5.32 Å². The highest BCUT2D eigenvalue weighted by molar-refractivity contribution is 5.96. The fourth-order valence-corrected chi connectivity index (χ4v) is 3.30. The Morgan fingerprint density at radius 1 is 1.28 bits per heavy atom. The summed E-state index contributed by atoms with van der Waals surface area (Å²) in [5.74, 6) is -0.544. The average Bonchev–Trinajstić information content (AvgIpc) is 2.97. The number of nitrogens with zero attached hydrogens (tertiary/aromatic N) is 2. The zero-order chi connectivity index (χ0) is 18.0. The van der Waals surface area contributed by atoms with Crippen LogP contribution >= 0.6 is 0 Å². The molecule has 0 saturated heterocycles. The minimum atomic E-state index is -1.03. The summed E-state index contributed by atoms with van der Waals surface area (Å²) in [4.78, 5) is 29.6. The number of aromatic nitrogens is 1. The molecule has 1 unspecified atom stereocenters. The Morgan fingerprint density at radius 2 is 2.04 bits per heavy atom. The SMILES string of the molecule is CNC(=O)c1ccc(C(=O)N(C)CC2(O)CCc3ccccc32)cn1. The first-order valence-electron chi connectivity index (χ1n) is 8.19. The zero-order valence-corrected chi connectivity index (χ0v) is 14.3. The van der Waals surface area contributed by atoms with Gasteiger partial charge in [-0.3, -0.25) is 14.6 Å². The standard InChI is InChI=1S/C19H21N3O3/c1-20-17(23)16-8-7-14(11-21-16)18(24)22(2)12-19(25)10-9-13-5-3-4-6-15(13)19/h3-8,11,25H,9-10,12H2,1-2H3,(H,20,23). The van der Waals surface area contributed by atoms with Crippen molar-refractivity contribution in [3.8, 4) is 0 Å². The van der Waals surface area contributed by atoms with Gasteiger partial charge in [0.2, 0.25) is 0 Å². The lowest BCUT2D eigenvalue weighted by Gasteiger charge is -2.30. The zero-order valence-electron chi connectivity index (χ0n) is 14.3. The van der Waals surface area contributed by atoms with Crippen molar-refractivity contribution in [3.05, 3.63) is 65.0 Å². The van der Waals surface area contributed by atoms with E-state index in [9.17, 15) is 14.7 Å². The molecule has 6 heteroatoms. The second kappa shape index (κ2) is 6.64. The first-order valence-corrected chi connectivity index (χ1v) is 8.19. The van der Waals surface area contributed by atoms with Gasteiger partial charge in [0.1, 0.15) is 11.3 Å². The third kappa shape index (κ3) is 3.25. The molecule has 0 bridgehead atoms. The fourth-order valence-electron chi connectivity index (χ4n) is 3.30. The lowest BCUT2D eigenvalue weighted by molar-refractivity contribution is 0.00805. The van der Waals surface area contributed by atoms with Crippen LogP contribution in [0.5, 0.6) is 0 Å². The monoisotopic (exact) mass is 339 g/mol. The van der Waals surface area contributed by atoms with Gasteiger partial charge in [-0.25, -0.2) is 0 Å². The van der Waals surface area contributed by atoms with Crippen LogP contribution in [0.1, 0.15) is 38.4 Å². The topological polar surface area (TPSA) is 82.5 Å². The van der Waals surface area contributed by atoms with E-state index in [-0.39, 0.29) is 24.1 Å². The van der Waals surface area contributed by atoms with Crippen LogP contribution in [0.25, 0.3) is 0 Å². The van der Waals surface area contributed by atoms with Gasteiger partial charge in [0.25, 0.3) is 11.8 Å². The van der Waals surface area contributed by atoms with Crippen molar-refractivity contribution in [3.63, 3.8) is 0 Å². The molecule has 0 spiro atoms. The van der Waals surface area contributed by atoms with Crippen LogP contribution in [0, 0.1) is 0 Å². The molecule has 2 aromatic rings. The van der Waals surface area contributed by atoms with E-state index in [1.54, 1.807) is 13.1 Å². The van der Waals surface area contributed by atoms with Crippen molar-refractivity contribution in [2.75, 3.05) is 20.6 Å². The number of fused-ring (bicyclic) bond motifs is 1. The number of benzene rings is 1. The number of carbonyl (C=O) groups is 2. The molecule has 130 valence electrons. The Hall–Kier alpha value is -2.73. The minimum Gasteiger partial charge on any atom is -0.383 e. The van der Waals surface area contributed by atoms with E-state index < -0.39 is 5.60 Å². The Labute approximate surface area is 146 Å². The highest BCUT2D eigenvalue weighted by Gasteiger charge is 2.38. The first kappa shape index (κ1) is 17.1. The van der Waals surface area contributed by atoms with Gasteiger partial charge in [0, 0.05) is 20.3 Å². The number of rotatable bonds is 4. The first-order chi connectivity index (χ1) is 11.9. The third-order valence-electron chi connectivity index (χ3n) is 4.64. The van der Waals surface area contributed by atoms with Crippen LogP contribution in [0.2, 0.25) is 0 Å². The number of nitrogens with one attached hydrogen (secondary N) is 1. The maximum atomic E-state index is 12.6. The Kier molecular flexibility index (Phi) is 4.55. The van der Waals surface area contributed by atoms with Gasteiger partial charge in [-0.2, -0.15) is 0 Å². The molecule has 0 saturated carbocycles. The quantitative estimate of drug-likeness (QED) is 0.881. The summed E-state index contributed by atoms with van der Waals surface area (Å²) in [7, 11) is 3.19. The maximum absolute atomic E-state index is 12.6. The van der Waals surface area contributed by atoms with Crippen LogP contribution in [0.3, 0.4) is 0 Å². The van der Waals surface area contributed by atoms with E-state index >= 15 is 0 Å².